The number of fused-ring (bicyclic) bond motifs is 4. The molecule has 4 rings (SSSR count). The number of hydrogen-bond acceptors (Lipinski definition) is 3. The number of hydrogen-bond donors (Lipinski definition) is 3. The predicted octanol–water partition coefficient (Wildman–Crippen LogP) is 1.06. The molecule has 0 radical (unpaired) electrons. The summed E-state index contributed by atoms with van der Waals surface area (Å²) >= 11 is 0. The van der Waals surface area contributed by atoms with Crippen molar-refractivity contribution in [3.63, 3.8) is 0 Å². The van der Waals surface area contributed by atoms with Gasteiger partial charge in [-0.05, 0) is 25.0 Å². The average Bonchev–Trinajstić information content (AvgIpc) is 2.89. The van der Waals surface area contributed by atoms with Gasteiger partial charge in [-0.1, -0.05) is 12.1 Å². The third-order valence-electron chi connectivity index (χ3n) is 4.27. The number of carbonyl (C=O) groups excluding carboxylic acids is 1. The van der Waals surface area contributed by atoms with Crippen LogP contribution in [0.5, 0.6) is 0 Å². The van der Waals surface area contributed by atoms with Crippen LogP contribution in [0.3, 0.4) is 0 Å². The van der Waals surface area contributed by atoms with Crippen molar-refractivity contribution >= 4 is 11.6 Å². The summed E-state index contributed by atoms with van der Waals surface area (Å²) in [6, 6.07) is 8.64. The molecule has 0 unspecified atom stereocenters. The molecule has 2 fully saturated rings. The highest BCUT2D eigenvalue weighted by Crippen LogP contribution is 2.40. The minimum Gasteiger partial charge on any atom is -0.361 e. The second-order valence-corrected chi connectivity index (χ2v) is 5.29. The second-order valence-electron chi connectivity index (χ2n) is 5.29. The van der Waals surface area contributed by atoms with Gasteiger partial charge in [-0.15, -0.1) is 0 Å². The fraction of sp³-hybridized carbons (Fsp3) is 0.462. The zero-order chi connectivity index (χ0) is 11.5. The molecule has 1 spiro atoms. The van der Waals surface area contributed by atoms with Crippen LogP contribution >= 0.6 is 0 Å². The van der Waals surface area contributed by atoms with Gasteiger partial charge in [0.2, 0.25) is 0 Å². The Balaban J connectivity index is 1.77. The van der Waals surface area contributed by atoms with Crippen LogP contribution in [-0.2, 0) is 0 Å². The number of rotatable bonds is 0. The minimum atomic E-state index is -0.256. The number of amides is 1. The summed E-state index contributed by atoms with van der Waals surface area (Å²) in [4.78, 5) is 12.1. The molecule has 3 aliphatic rings. The van der Waals surface area contributed by atoms with Gasteiger partial charge in [0.1, 0.15) is 5.66 Å². The van der Waals surface area contributed by atoms with Crippen LogP contribution in [-0.4, -0.2) is 23.7 Å². The van der Waals surface area contributed by atoms with E-state index in [1.807, 2.05) is 24.3 Å². The highest BCUT2D eigenvalue weighted by molar-refractivity contribution is 6.02. The molecule has 3 atom stereocenters. The van der Waals surface area contributed by atoms with Gasteiger partial charge in [-0.3, -0.25) is 4.79 Å². The van der Waals surface area contributed by atoms with Crippen LogP contribution in [0.15, 0.2) is 24.3 Å². The van der Waals surface area contributed by atoms with Crippen LogP contribution in [0, 0.1) is 0 Å². The first-order valence-corrected chi connectivity index (χ1v) is 6.23. The molecule has 2 saturated heterocycles. The average molecular weight is 229 g/mol. The first-order valence-electron chi connectivity index (χ1n) is 6.23. The highest BCUT2D eigenvalue weighted by atomic mass is 16.2. The van der Waals surface area contributed by atoms with Gasteiger partial charge < -0.3 is 16.0 Å². The third-order valence-corrected chi connectivity index (χ3v) is 4.27. The molecule has 4 nitrogen and oxygen atoms in total. The maximum Gasteiger partial charge on any atom is 0.255 e. The molecule has 1 aromatic rings. The van der Waals surface area contributed by atoms with E-state index in [4.69, 9.17) is 0 Å². The summed E-state index contributed by atoms with van der Waals surface area (Å²) in [5, 5.41) is 10.3. The van der Waals surface area contributed by atoms with Gasteiger partial charge in [0.25, 0.3) is 5.91 Å². The largest absolute Gasteiger partial charge is 0.361 e. The van der Waals surface area contributed by atoms with Crippen molar-refractivity contribution in [3.8, 4) is 0 Å². The van der Waals surface area contributed by atoms with E-state index in [1.165, 1.54) is 6.42 Å². The lowest BCUT2D eigenvalue weighted by atomic mass is 9.86. The van der Waals surface area contributed by atoms with E-state index in [-0.39, 0.29) is 11.6 Å². The molecule has 2 bridgehead atoms. The van der Waals surface area contributed by atoms with E-state index >= 15 is 0 Å². The van der Waals surface area contributed by atoms with E-state index in [1.54, 1.807) is 0 Å². The monoisotopic (exact) mass is 229 g/mol. The Morgan fingerprint density at radius 1 is 1.18 bits per heavy atom. The zero-order valence-electron chi connectivity index (χ0n) is 9.49. The van der Waals surface area contributed by atoms with Crippen molar-refractivity contribution in [1.29, 1.82) is 0 Å². The molecule has 3 aliphatic heterocycles. The smallest absolute Gasteiger partial charge is 0.255 e. The lowest BCUT2D eigenvalue weighted by Gasteiger charge is -2.42. The molecule has 3 heterocycles. The topological polar surface area (TPSA) is 53.2 Å². The summed E-state index contributed by atoms with van der Waals surface area (Å²) in [5.74, 6) is 0.0497. The van der Waals surface area contributed by atoms with Crippen molar-refractivity contribution in [1.82, 2.24) is 10.6 Å². The molecule has 0 saturated carbocycles. The van der Waals surface area contributed by atoms with E-state index in [2.05, 4.69) is 16.0 Å². The van der Waals surface area contributed by atoms with Gasteiger partial charge >= 0.3 is 0 Å². The summed E-state index contributed by atoms with van der Waals surface area (Å²) in [5.41, 5.74) is 1.46. The lowest BCUT2D eigenvalue weighted by molar-refractivity contribution is 0.0885. The SMILES string of the molecule is O=C1N[C@@]2(C[C@@H]3CC[C@@H]2N3)Nc2ccccc21. The Morgan fingerprint density at radius 2 is 2.06 bits per heavy atom. The number of benzene rings is 1. The summed E-state index contributed by atoms with van der Waals surface area (Å²) < 4.78 is 0. The van der Waals surface area contributed by atoms with E-state index in [0.717, 1.165) is 24.1 Å². The fourth-order valence-corrected chi connectivity index (χ4v) is 3.51. The molecule has 88 valence electrons. The Bertz CT molecular complexity index is 501. The number of carbonyl (C=O) groups is 1. The molecule has 17 heavy (non-hydrogen) atoms. The normalized spacial score (nSPS) is 37.8. The summed E-state index contributed by atoms with van der Waals surface area (Å²) in [6.45, 7) is 0. The van der Waals surface area contributed by atoms with Crippen LogP contribution in [0.4, 0.5) is 5.69 Å². The Labute approximate surface area is 99.8 Å². The van der Waals surface area contributed by atoms with Gasteiger partial charge in [0.15, 0.2) is 0 Å². The van der Waals surface area contributed by atoms with Gasteiger partial charge in [0, 0.05) is 24.2 Å². The summed E-state index contributed by atoms with van der Waals surface area (Å²) in [6.07, 6.45) is 3.35. The number of para-hydroxylation sites is 1. The second kappa shape index (κ2) is 3.01. The minimum absolute atomic E-state index is 0.0497. The quantitative estimate of drug-likeness (QED) is 0.623. The predicted molar refractivity (Wildman–Crippen MR) is 64.8 cm³/mol. The molecule has 1 amide bonds. The molecular weight excluding hydrogens is 214 g/mol. The molecule has 3 N–H and O–H groups in total. The van der Waals surface area contributed by atoms with Crippen molar-refractivity contribution < 1.29 is 4.79 Å². The Morgan fingerprint density at radius 3 is 2.82 bits per heavy atom. The van der Waals surface area contributed by atoms with Crippen molar-refractivity contribution in [3.05, 3.63) is 29.8 Å². The van der Waals surface area contributed by atoms with E-state index in [9.17, 15) is 4.79 Å². The first-order chi connectivity index (χ1) is 8.27. The maximum absolute atomic E-state index is 12.1. The Hall–Kier alpha value is -1.55. The van der Waals surface area contributed by atoms with Crippen LogP contribution < -0.4 is 16.0 Å². The number of nitrogens with one attached hydrogen (secondary N) is 3. The van der Waals surface area contributed by atoms with Crippen LogP contribution in [0.2, 0.25) is 0 Å². The summed E-state index contributed by atoms with van der Waals surface area (Å²) in [7, 11) is 0. The van der Waals surface area contributed by atoms with Crippen molar-refractivity contribution in [2.45, 2.75) is 37.0 Å². The number of anilines is 1. The van der Waals surface area contributed by atoms with E-state index in [0.29, 0.717) is 12.1 Å². The molecule has 1 aromatic carbocycles. The van der Waals surface area contributed by atoms with Gasteiger partial charge in [-0.2, -0.15) is 0 Å². The van der Waals surface area contributed by atoms with Crippen molar-refractivity contribution in [2.75, 3.05) is 5.32 Å². The first kappa shape index (κ1) is 9.48. The molecule has 0 aliphatic carbocycles. The van der Waals surface area contributed by atoms with Crippen LogP contribution in [0.1, 0.15) is 29.6 Å². The maximum atomic E-state index is 12.1. The highest BCUT2D eigenvalue weighted by Gasteiger charge is 2.53. The van der Waals surface area contributed by atoms with Crippen LogP contribution in [0.25, 0.3) is 0 Å². The van der Waals surface area contributed by atoms with Gasteiger partial charge in [-0.25, -0.2) is 0 Å². The standard InChI is InChI=1S/C13H15N3O/c17-12-9-3-1-2-4-10(9)15-13(16-12)7-8-5-6-11(13)14-8/h1-4,8,11,14-15H,5-7H2,(H,16,17)/t8-,11-,13+/m0/s1. The molecule has 0 aromatic heterocycles. The third kappa shape index (κ3) is 1.19. The molecule has 4 heteroatoms. The van der Waals surface area contributed by atoms with E-state index < -0.39 is 0 Å². The van der Waals surface area contributed by atoms with Gasteiger partial charge in [0.05, 0.1) is 5.56 Å². The zero-order valence-corrected chi connectivity index (χ0v) is 9.49. The Kier molecular flexibility index (Phi) is 1.68. The lowest BCUT2D eigenvalue weighted by Crippen LogP contribution is -2.63. The van der Waals surface area contributed by atoms with Crippen molar-refractivity contribution in [2.24, 2.45) is 0 Å². The molecular formula is C13H15N3O. The fourth-order valence-electron chi connectivity index (χ4n) is 3.51.